The van der Waals surface area contributed by atoms with Gasteiger partial charge in [-0.25, -0.2) is 4.79 Å². The predicted molar refractivity (Wildman–Crippen MR) is 57.9 cm³/mol. The van der Waals surface area contributed by atoms with Gasteiger partial charge in [0.25, 0.3) is 0 Å². The highest BCUT2D eigenvalue weighted by Gasteiger charge is 2.25. The second-order valence-corrected chi connectivity index (χ2v) is 4.10. The summed E-state index contributed by atoms with van der Waals surface area (Å²) < 4.78 is 0. The molecular formula is C12H13NO3. The summed E-state index contributed by atoms with van der Waals surface area (Å²) in [6.45, 7) is 3.37. The summed E-state index contributed by atoms with van der Waals surface area (Å²) >= 11 is 0. The highest BCUT2D eigenvalue weighted by molar-refractivity contribution is 6.02. The van der Waals surface area contributed by atoms with Crippen LogP contribution in [0.2, 0.25) is 0 Å². The molecule has 0 fully saturated rings. The fourth-order valence-corrected chi connectivity index (χ4v) is 2.33. The number of carboxylic acids is 1. The molecule has 1 aromatic heterocycles. The molecule has 0 unspecified atom stereocenters. The Morgan fingerprint density at radius 1 is 1.31 bits per heavy atom. The maximum Gasteiger partial charge on any atom is 0.337 e. The minimum absolute atomic E-state index is 0.0220. The molecule has 0 atom stereocenters. The second-order valence-electron chi connectivity index (χ2n) is 4.10. The maximum absolute atomic E-state index is 11.8. The first-order valence-electron chi connectivity index (χ1n) is 5.29. The number of aryl methyl sites for hydroxylation is 2. The van der Waals surface area contributed by atoms with Crippen LogP contribution in [0.25, 0.3) is 0 Å². The lowest BCUT2D eigenvalue weighted by atomic mass is 9.88. The number of hydrogen-bond donors (Lipinski definition) is 1. The van der Waals surface area contributed by atoms with Gasteiger partial charge in [0.05, 0.1) is 17.0 Å². The number of aromatic carboxylic acids is 1. The Balaban J connectivity index is 2.73. The Labute approximate surface area is 93.3 Å². The summed E-state index contributed by atoms with van der Waals surface area (Å²) in [4.78, 5) is 27.1. The first-order chi connectivity index (χ1) is 7.52. The van der Waals surface area contributed by atoms with Crippen LogP contribution < -0.4 is 0 Å². The molecule has 2 rings (SSSR count). The van der Waals surface area contributed by atoms with Gasteiger partial charge in [0.1, 0.15) is 0 Å². The topological polar surface area (TPSA) is 67.3 Å². The summed E-state index contributed by atoms with van der Waals surface area (Å²) in [5, 5.41) is 9.08. The highest BCUT2D eigenvalue weighted by Crippen LogP contribution is 2.26. The Morgan fingerprint density at radius 2 is 2.00 bits per heavy atom. The quantitative estimate of drug-likeness (QED) is 0.783. The zero-order valence-corrected chi connectivity index (χ0v) is 9.33. The van der Waals surface area contributed by atoms with Crippen molar-refractivity contribution in [2.45, 2.75) is 33.1 Å². The fourth-order valence-electron chi connectivity index (χ4n) is 2.33. The van der Waals surface area contributed by atoms with Crippen molar-refractivity contribution in [1.82, 2.24) is 4.98 Å². The average Bonchev–Trinajstić information content (AvgIpc) is 2.15. The second kappa shape index (κ2) is 3.70. The highest BCUT2D eigenvalue weighted by atomic mass is 16.4. The molecule has 1 aliphatic carbocycles. The van der Waals surface area contributed by atoms with Crippen LogP contribution in [0.15, 0.2) is 0 Å². The van der Waals surface area contributed by atoms with Gasteiger partial charge in [-0.3, -0.25) is 9.78 Å². The number of Topliss-reactive ketones (excluding diaryl/α,β-unsaturated/α-hetero) is 1. The monoisotopic (exact) mass is 219 g/mol. The number of carbonyl (C=O) groups is 2. The van der Waals surface area contributed by atoms with Crippen molar-refractivity contribution in [1.29, 1.82) is 0 Å². The standard InChI is InChI=1S/C12H13NO3/c1-6-10(12(15)16)7(2)13-8-4-3-5-9(14)11(6)8/h3-5H2,1-2H3,(H,15,16). The molecule has 0 bridgehead atoms. The zero-order valence-electron chi connectivity index (χ0n) is 9.33. The lowest BCUT2D eigenvalue weighted by molar-refractivity contribution is 0.0694. The third-order valence-corrected chi connectivity index (χ3v) is 3.01. The Morgan fingerprint density at radius 3 is 2.62 bits per heavy atom. The number of nitrogens with zero attached hydrogens (tertiary/aromatic N) is 1. The lowest BCUT2D eigenvalue weighted by Crippen LogP contribution is -2.19. The zero-order chi connectivity index (χ0) is 11.9. The third kappa shape index (κ3) is 1.50. The molecule has 16 heavy (non-hydrogen) atoms. The third-order valence-electron chi connectivity index (χ3n) is 3.01. The molecule has 0 amide bonds. The van der Waals surface area contributed by atoms with Crippen molar-refractivity contribution in [3.8, 4) is 0 Å². The van der Waals surface area contributed by atoms with Gasteiger partial charge in [-0.15, -0.1) is 0 Å². The predicted octanol–water partition coefficient (Wildman–Crippen LogP) is 1.92. The molecule has 1 aliphatic rings. The van der Waals surface area contributed by atoms with Gasteiger partial charge >= 0.3 is 5.97 Å². The smallest absolute Gasteiger partial charge is 0.337 e. The van der Waals surface area contributed by atoms with Gasteiger partial charge in [-0.1, -0.05) is 0 Å². The normalized spacial score (nSPS) is 14.8. The van der Waals surface area contributed by atoms with Crippen LogP contribution in [0.3, 0.4) is 0 Å². The number of ketones is 1. The van der Waals surface area contributed by atoms with E-state index < -0.39 is 5.97 Å². The van der Waals surface area contributed by atoms with Crippen molar-refractivity contribution < 1.29 is 14.7 Å². The molecule has 0 saturated heterocycles. The summed E-state index contributed by atoms with van der Waals surface area (Å²) in [5.74, 6) is -0.988. The molecule has 1 aromatic rings. The molecule has 0 spiro atoms. The van der Waals surface area contributed by atoms with E-state index >= 15 is 0 Å². The molecule has 0 saturated carbocycles. The number of fused-ring (bicyclic) bond motifs is 1. The van der Waals surface area contributed by atoms with Gasteiger partial charge < -0.3 is 5.11 Å². The summed E-state index contributed by atoms with van der Waals surface area (Å²) in [6, 6.07) is 0. The van der Waals surface area contributed by atoms with Crippen LogP contribution in [-0.4, -0.2) is 21.8 Å². The van der Waals surface area contributed by atoms with E-state index in [-0.39, 0.29) is 11.3 Å². The van der Waals surface area contributed by atoms with Crippen LogP contribution in [0.4, 0.5) is 0 Å². The van der Waals surface area contributed by atoms with E-state index in [4.69, 9.17) is 5.11 Å². The summed E-state index contributed by atoms with van der Waals surface area (Å²) in [5.41, 5.74) is 2.54. The molecule has 1 heterocycles. The van der Waals surface area contributed by atoms with Gasteiger partial charge in [-0.2, -0.15) is 0 Å². The van der Waals surface area contributed by atoms with E-state index in [0.29, 0.717) is 23.2 Å². The van der Waals surface area contributed by atoms with E-state index in [1.165, 1.54) is 0 Å². The average molecular weight is 219 g/mol. The van der Waals surface area contributed by atoms with Crippen LogP contribution >= 0.6 is 0 Å². The number of pyridine rings is 1. The molecule has 4 nitrogen and oxygen atoms in total. The van der Waals surface area contributed by atoms with E-state index in [1.54, 1.807) is 13.8 Å². The van der Waals surface area contributed by atoms with E-state index in [1.807, 2.05) is 0 Å². The van der Waals surface area contributed by atoms with Gasteiger partial charge in [-0.05, 0) is 32.3 Å². The number of carboxylic acid groups (broad SMARTS) is 1. The molecular weight excluding hydrogens is 206 g/mol. The fraction of sp³-hybridized carbons (Fsp3) is 0.417. The SMILES string of the molecule is Cc1nc2c(c(C)c1C(=O)O)C(=O)CCC2. The summed E-state index contributed by atoms with van der Waals surface area (Å²) in [6.07, 6.45) is 2.07. The largest absolute Gasteiger partial charge is 0.478 e. The number of hydrogen-bond acceptors (Lipinski definition) is 3. The van der Waals surface area contributed by atoms with Gasteiger partial charge in [0.15, 0.2) is 5.78 Å². The molecule has 84 valence electrons. The number of aromatic nitrogens is 1. The van der Waals surface area contributed by atoms with Crippen molar-refractivity contribution in [2.24, 2.45) is 0 Å². The van der Waals surface area contributed by atoms with Crippen molar-refractivity contribution in [3.63, 3.8) is 0 Å². The maximum atomic E-state index is 11.8. The van der Waals surface area contributed by atoms with E-state index in [2.05, 4.69) is 4.98 Å². The Bertz CT molecular complexity index is 492. The first-order valence-corrected chi connectivity index (χ1v) is 5.29. The van der Waals surface area contributed by atoms with Crippen LogP contribution in [0.5, 0.6) is 0 Å². The van der Waals surface area contributed by atoms with Crippen LogP contribution in [0, 0.1) is 13.8 Å². The molecule has 0 aliphatic heterocycles. The molecule has 4 heteroatoms. The van der Waals surface area contributed by atoms with Crippen LogP contribution in [0.1, 0.15) is 50.5 Å². The van der Waals surface area contributed by atoms with Crippen molar-refractivity contribution >= 4 is 11.8 Å². The molecule has 1 N–H and O–H groups in total. The molecule has 0 aromatic carbocycles. The summed E-state index contributed by atoms with van der Waals surface area (Å²) in [7, 11) is 0. The number of carbonyl (C=O) groups excluding carboxylic acids is 1. The van der Waals surface area contributed by atoms with E-state index in [0.717, 1.165) is 18.5 Å². The Kier molecular flexibility index (Phi) is 2.50. The van der Waals surface area contributed by atoms with Crippen molar-refractivity contribution in [2.75, 3.05) is 0 Å². The Hall–Kier alpha value is -1.71. The number of rotatable bonds is 1. The minimum atomic E-state index is -1.01. The van der Waals surface area contributed by atoms with Gasteiger partial charge in [0.2, 0.25) is 0 Å². The van der Waals surface area contributed by atoms with E-state index in [9.17, 15) is 9.59 Å². The van der Waals surface area contributed by atoms with Crippen molar-refractivity contribution in [3.05, 3.63) is 28.1 Å². The van der Waals surface area contributed by atoms with Crippen LogP contribution in [-0.2, 0) is 6.42 Å². The van der Waals surface area contributed by atoms with Gasteiger partial charge in [0, 0.05) is 12.0 Å². The lowest BCUT2D eigenvalue weighted by Gasteiger charge is -2.18. The first kappa shape index (κ1) is 10.8. The molecule has 0 radical (unpaired) electrons. The minimum Gasteiger partial charge on any atom is -0.478 e.